The van der Waals surface area contributed by atoms with E-state index >= 15 is 0 Å². The number of phenolic OH excluding ortho intramolecular Hbond substituents is 1. The summed E-state index contributed by atoms with van der Waals surface area (Å²) in [5, 5.41) is 12.4. The number of ether oxygens (including phenoxy) is 1. The van der Waals surface area contributed by atoms with Crippen molar-refractivity contribution in [2.24, 2.45) is 0 Å². The molecular weight excluding hydrogens is 230 g/mol. The fraction of sp³-hybridized carbons (Fsp3) is 0.500. The molecule has 2 N–H and O–H groups in total. The SMILES string of the molecule is COC(=O)C(C)NC(C)CCc1ccc(O)cc1. The van der Waals surface area contributed by atoms with Crippen LogP contribution in [0.5, 0.6) is 5.75 Å². The highest BCUT2D eigenvalue weighted by Crippen LogP contribution is 2.12. The molecule has 0 saturated heterocycles. The van der Waals surface area contributed by atoms with Crippen molar-refractivity contribution in [3.63, 3.8) is 0 Å². The zero-order valence-corrected chi connectivity index (χ0v) is 11.1. The number of aryl methyl sites for hydroxylation is 1. The van der Waals surface area contributed by atoms with Crippen LogP contribution in [0.4, 0.5) is 0 Å². The number of esters is 1. The lowest BCUT2D eigenvalue weighted by Gasteiger charge is -2.18. The van der Waals surface area contributed by atoms with E-state index in [1.54, 1.807) is 19.1 Å². The van der Waals surface area contributed by atoms with Gasteiger partial charge in [0.05, 0.1) is 7.11 Å². The number of carbonyl (C=O) groups excluding carboxylic acids is 1. The molecular formula is C14H21NO3. The molecule has 0 aromatic heterocycles. The lowest BCUT2D eigenvalue weighted by atomic mass is 10.1. The molecule has 0 saturated carbocycles. The third-order valence-corrected chi connectivity index (χ3v) is 2.89. The molecule has 1 aromatic rings. The number of benzene rings is 1. The van der Waals surface area contributed by atoms with Crippen molar-refractivity contribution in [2.45, 2.75) is 38.8 Å². The summed E-state index contributed by atoms with van der Waals surface area (Å²) in [6.45, 7) is 3.84. The number of nitrogens with one attached hydrogen (secondary N) is 1. The van der Waals surface area contributed by atoms with Gasteiger partial charge in [0.25, 0.3) is 0 Å². The minimum absolute atomic E-state index is 0.230. The lowest BCUT2D eigenvalue weighted by Crippen LogP contribution is -2.40. The number of rotatable bonds is 6. The van der Waals surface area contributed by atoms with Crippen LogP contribution in [0.25, 0.3) is 0 Å². The Kier molecular flexibility index (Phi) is 5.65. The summed E-state index contributed by atoms with van der Waals surface area (Å²) in [5.41, 5.74) is 1.17. The second-order valence-electron chi connectivity index (χ2n) is 4.52. The van der Waals surface area contributed by atoms with Crippen molar-refractivity contribution in [3.05, 3.63) is 29.8 Å². The molecule has 0 radical (unpaired) electrons. The number of phenols is 1. The van der Waals surface area contributed by atoms with Crippen LogP contribution < -0.4 is 5.32 Å². The lowest BCUT2D eigenvalue weighted by molar-refractivity contribution is -0.142. The first-order valence-electron chi connectivity index (χ1n) is 6.14. The Labute approximate surface area is 108 Å². The third-order valence-electron chi connectivity index (χ3n) is 2.89. The molecule has 0 spiro atoms. The van der Waals surface area contributed by atoms with E-state index in [2.05, 4.69) is 10.1 Å². The van der Waals surface area contributed by atoms with Crippen molar-refractivity contribution in [1.82, 2.24) is 5.32 Å². The standard InChI is InChI=1S/C14H21NO3/c1-10(15-11(2)14(17)18-3)4-5-12-6-8-13(16)9-7-12/h6-11,15-16H,4-5H2,1-3H3. The van der Waals surface area contributed by atoms with Crippen LogP contribution in [-0.4, -0.2) is 30.3 Å². The molecule has 0 aliphatic heterocycles. The first-order valence-corrected chi connectivity index (χ1v) is 6.14. The maximum Gasteiger partial charge on any atom is 0.322 e. The van der Waals surface area contributed by atoms with E-state index < -0.39 is 0 Å². The first-order chi connectivity index (χ1) is 8.52. The molecule has 4 heteroatoms. The average molecular weight is 251 g/mol. The average Bonchev–Trinajstić information content (AvgIpc) is 2.37. The van der Waals surface area contributed by atoms with Crippen LogP contribution >= 0.6 is 0 Å². The first kappa shape index (κ1) is 14.5. The van der Waals surface area contributed by atoms with Gasteiger partial charge in [0.15, 0.2) is 0 Å². The number of hydrogen-bond acceptors (Lipinski definition) is 4. The van der Waals surface area contributed by atoms with E-state index in [1.807, 2.05) is 19.1 Å². The van der Waals surface area contributed by atoms with Crippen LogP contribution in [0.15, 0.2) is 24.3 Å². The molecule has 0 amide bonds. The second kappa shape index (κ2) is 7.01. The summed E-state index contributed by atoms with van der Waals surface area (Å²) in [5.74, 6) is 0.0377. The van der Waals surface area contributed by atoms with Crippen molar-refractivity contribution < 1.29 is 14.6 Å². The van der Waals surface area contributed by atoms with Crippen LogP contribution in [0.1, 0.15) is 25.8 Å². The minimum Gasteiger partial charge on any atom is -0.508 e. The Balaban J connectivity index is 2.34. The summed E-state index contributed by atoms with van der Waals surface area (Å²) in [6.07, 6.45) is 1.83. The Morgan fingerprint density at radius 3 is 2.50 bits per heavy atom. The fourth-order valence-electron chi connectivity index (χ4n) is 1.80. The topological polar surface area (TPSA) is 58.6 Å². The normalized spacial score (nSPS) is 13.9. The molecule has 0 heterocycles. The van der Waals surface area contributed by atoms with Gasteiger partial charge in [0.1, 0.15) is 11.8 Å². The Morgan fingerprint density at radius 2 is 1.94 bits per heavy atom. The molecule has 18 heavy (non-hydrogen) atoms. The molecule has 100 valence electrons. The second-order valence-corrected chi connectivity index (χ2v) is 4.52. The molecule has 0 bridgehead atoms. The van der Waals surface area contributed by atoms with E-state index in [0.717, 1.165) is 12.8 Å². The summed E-state index contributed by atoms with van der Waals surface area (Å²) in [7, 11) is 1.39. The van der Waals surface area contributed by atoms with E-state index in [4.69, 9.17) is 0 Å². The van der Waals surface area contributed by atoms with E-state index in [0.29, 0.717) is 0 Å². The van der Waals surface area contributed by atoms with Crippen LogP contribution in [0, 0.1) is 0 Å². The number of carbonyl (C=O) groups is 1. The monoisotopic (exact) mass is 251 g/mol. The Morgan fingerprint density at radius 1 is 1.33 bits per heavy atom. The minimum atomic E-state index is -0.287. The largest absolute Gasteiger partial charge is 0.508 e. The van der Waals surface area contributed by atoms with Gasteiger partial charge in [-0.3, -0.25) is 4.79 Å². The maximum absolute atomic E-state index is 11.2. The van der Waals surface area contributed by atoms with Crippen LogP contribution in [-0.2, 0) is 16.0 Å². The predicted molar refractivity (Wildman–Crippen MR) is 70.5 cm³/mol. The van der Waals surface area contributed by atoms with E-state index in [9.17, 15) is 9.90 Å². The number of methoxy groups -OCH3 is 1. The molecule has 0 aliphatic carbocycles. The van der Waals surface area contributed by atoms with Crippen molar-refractivity contribution in [3.8, 4) is 5.75 Å². The van der Waals surface area contributed by atoms with Gasteiger partial charge in [-0.15, -0.1) is 0 Å². The molecule has 0 fully saturated rings. The fourth-order valence-corrected chi connectivity index (χ4v) is 1.80. The zero-order valence-electron chi connectivity index (χ0n) is 11.1. The van der Waals surface area contributed by atoms with Gasteiger partial charge in [0.2, 0.25) is 0 Å². The van der Waals surface area contributed by atoms with Crippen molar-refractivity contribution >= 4 is 5.97 Å². The van der Waals surface area contributed by atoms with Crippen LogP contribution in [0.2, 0.25) is 0 Å². The van der Waals surface area contributed by atoms with Gasteiger partial charge < -0.3 is 15.2 Å². The summed E-state index contributed by atoms with van der Waals surface area (Å²) in [4.78, 5) is 11.2. The summed E-state index contributed by atoms with van der Waals surface area (Å²) in [6, 6.07) is 7.13. The summed E-state index contributed by atoms with van der Waals surface area (Å²) >= 11 is 0. The molecule has 1 aromatic carbocycles. The Bertz CT molecular complexity index is 375. The van der Waals surface area contributed by atoms with Gasteiger partial charge >= 0.3 is 5.97 Å². The highest BCUT2D eigenvalue weighted by atomic mass is 16.5. The highest BCUT2D eigenvalue weighted by molar-refractivity contribution is 5.75. The van der Waals surface area contributed by atoms with Gasteiger partial charge in [0, 0.05) is 6.04 Å². The van der Waals surface area contributed by atoms with Gasteiger partial charge in [-0.2, -0.15) is 0 Å². The van der Waals surface area contributed by atoms with Crippen molar-refractivity contribution in [1.29, 1.82) is 0 Å². The molecule has 4 nitrogen and oxygen atoms in total. The highest BCUT2D eigenvalue weighted by Gasteiger charge is 2.15. The summed E-state index contributed by atoms with van der Waals surface area (Å²) < 4.78 is 4.66. The number of hydrogen-bond donors (Lipinski definition) is 2. The van der Waals surface area contributed by atoms with E-state index in [-0.39, 0.29) is 23.8 Å². The van der Waals surface area contributed by atoms with Crippen molar-refractivity contribution in [2.75, 3.05) is 7.11 Å². The van der Waals surface area contributed by atoms with Gasteiger partial charge in [-0.1, -0.05) is 12.1 Å². The predicted octanol–water partition coefficient (Wildman–Crippen LogP) is 1.86. The molecule has 0 aliphatic rings. The zero-order chi connectivity index (χ0) is 13.5. The smallest absolute Gasteiger partial charge is 0.322 e. The molecule has 2 unspecified atom stereocenters. The van der Waals surface area contributed by atoms with E-state index in [1.165, 1.54) is 12.7 Å². The van der Waals surface area contributed by atoms with Gasteiger partial charge in [-0.05, 0) is 44.4 Å². The molecule has 2 atom stereocenters. The maximum atomic E-state index is 11.2. The quantitative estimate of drug-likeness (QED) is 0.758. The van der Waals surface area contributed by atoms with Gasteiger partial charge in [-0.25, -0.2) is 0 Å². The molecule has 1 rings (SSSR count). The van der Waals surface area contributed by atoms with Crippen LogP contribution in [0.3, 0.4) is 0 Å². The Hall–Kier alpha value is -1.55. The third kappa shape index (κ3) is 4.75. The number of aromatic hydroxyl groups is 1.